The van der Waals surface area contributed by atoms with Crippen molar-refractivity contribution in [3.8, 4) is 0 Å². The molecule has 28 heavy (non-hydrogen) atoms. The van der Waals surface area contributed by atoms with Crippen molar-refractivity contribution < 1.29 is 14.6 Å². The van der Waals surface area contributed by atoms with E-state index in [0.717, 1.165) is 44.7 Å². The molecule has 0 heterocycles. The molecule has 8 heteroatoms. The first-order valence-electron chi connectivity index (χ1n) is 10.4. The van der Waals surface area contributed by atoms with Gasteiger partial charge in [0.2, 0.25) is 0 Å². The topological polar surface area (TPSA) is 95.0 Å². The van der Waals surface area contributed by atoms with Gasteiger partial charge in [0, 0.05) is 32.8 Å². The maximum absolute atomic E-state index is 11.6. The fourth-order valence-corrected chi connectivity index (χ4v) is 3.41. The van der Waals surface area contributed by atoms with Crippen molar-refractivity contribution in [3.63, 3.8) is 0 Å². The number of aliphatic hydroxyl groups is 1. The number of hydrogen-bond acceptors (Lipinski definition) is 4. The van der Waals surface area contributed by atoms with Crippen LogP contribution in [0.15, 0.2) is 4.99 Å². The van der Waals surface area contributed by atoms with Gasteiger partial charge in [-0.1, -0.05) is 19.3 Å². The average molecular weight is 512 g/mol. The van der Waals surface area contributed by atoms with Crippen molar-refractivity contribution in [1.29, 1.82) is 0 Å². The highest BCUT2D eigenvalue weighted by Gasteiger charge is 2.31. The van der Waals surface area contributed by atoms with Crippen LogP contribution in [-0.4, -0.2) is 55.5 Å². The smallest absolute Gasteiger partial charge is 0.407 e. The molecular formula is C20H41IN4O3. The van der Waals surface area contributed by atoms with Crippen LogP contribution in [0.25, 0.3) is 0 Å². The minimum Gasteiger partial charge on any atom is -0.444 e. The van der Waals surface area contributed by atoms with E-state index in [2.05, 4.69) is 16.0 Å². The molecule has 0 aromatic heterocycles. The van der Waals surface area contributed by atoms with Crippen molar-refractivity contribution in [2.45, 2.75) is 78.2 Å². The van der Waals surface area contributed by atoms with E-state index in [4.69, 9.17) is 9.73 Å². The van der Waals surface area contributed by atoms with Crippen LogP contribution >= 0.6 is 24.0 Å². The van der Waals surface area contributed by atoms with Gasteiger partial charge in [-0.15, -0.1) is 24.0 Å². The maximum Gasteiger partial charge on any atom is 0.407 e. The first-order valence-corrected chi connectivity index (χ1v) is 10.4. The lowest BCUT2D eigenvalue weighted by molar-refractivity contribution is 0.0527. The van der Waals surface area contributed by atoms with Crippen LogP contribution in [0.3, 0.4) is 0 Å². The summed E-state index contributed by atoms with van der Waals surface area (Å²) in [7, 11) is 0. The van der Waals surface area contributed by atoms with Gasteiger partial charge in [0.25, 0.3) is 0 Å². The lowest BCUT2D eigenvalue weighted by Gasteiger charge is -2.35. The number of carbonyl (C=O) groups is 1. The molecule has 0 spiro atoms. The van der Waals surface area contributed by atoms with E-state index < -0.39 is 5.60 Å². The molecule has 0 aliphatic heterocycles. The van der Waals surface area contributed by atoms with Crippen molar-refractivity contribution in [2.75, 3.05) is 32.8 Å². The van der Waals surface area contributed by atoms with E-state index in [1.54, 1.807) is 0 Å². The van der Waals surface area contributed by atoms with Crippen molar-refractivity contribution in [1.82, 2.24) is 16.0 Å². The van der Waals surface area contributed by atoms with Gasteiger partial charge in [-0.05, 0) is 58.8 Å². The highest BCUT2D eigenvalue weighted by atomic mass is 127. The molecule has 1 saturated carbocycles. The zero-order valence-electron chi connectivity index (χ0n) is 18.1. The van der Waals surface area contributed by atoms with Crippen molar-refractivity contribution in [3.05, 3.63) is 0 Å². The molecule has 0 atom stereocenters. The molecule has 4 N–H and O–H groups in total. The second-order valence-corrected chi connectivity index (χ2v) is 8.44. The quantitative estimate of drug-likeness (QED) is 0.164. The Kier molecular flexibility index (Phi) is 13.9. The van der Waals surface area contributed by atoms with Gasteiger partial charge in [0.05, 0.1) is 0 Å². The molecule has 0 aromatic rings. The Morgan fingerprint density at radius 3 is 2.32 bits per heavy atom. The minimum atomic E-state index is -0.475. The van der Waals surface area contributed by atoms with E-state index in [0.29, 0.717) is 13.1 Å². The van der Waals surface area contributed by atoms with E-state index >= 15 is 0 Å². The summed E-state index contributed by atoms with van der Waals surface area (Å²) in [6.45, 7) is 10.6. The molecule has 0 unspecified atom stereocenters. The van der Waals surface area contributed by atoms with Gasteiger partial charge >= 0.3 is 6.09 Å². The second kappa shape index (κ2) is 14.3. The largest absolute Gasteiger partial charge is 0.444 e. The first-order chi connectivity index (χ1) is 12.8. The molecule has 1 aliphatic carbocycles. The summed E-state index contributed by atoms with van der Waals surface area (Å²) in [6, 6.07) is 0. The second-order valence-electron chi connectivity index (χ2n) is 8.44. The van der Waals surface area contributed by atoms with E-state index in [-0.39, 0.29) is 42.1 Å². The standard InChI is InChI=1S/C20H40N4O3.HI/c1-5-21-17(22-13-9-14-23-18(26)27-19(2,3)4)24-16-20(12-15-25)10-7-6-8-11-20;/h25H,5-16H2,1-4H3,(H,23,26)(H2,21,22,24);1H. The lowest BCUT2D eigenvalue weighted by atomic mass is 9.72. The number of amides is 1. The molecule has 1 fully saturated rings. The number of hydrogen-bond donors (Lipinski definition) is 4. The van der Waals surface area contributed by atoms with Crippen LogP contribution in [0, 0.1) is 5.41 Å². The zero-order valence-corrected chi connectivity index (χ0v) is 20.4. The van der Waals surface area contributed by atoms with Gasteiger partial charge in [-0.2, -0.15) is 0 Å². The van der Waals surface area contributed by atoms with Crippen LogP contribution in [0.2, 0.25) is 0 Å². The minimum absolute atomic E-state index is 0. The van der Waals surface area contributed by atoms with Crippen LogP contribution in [-0.2, 0) is 4.74 Å². The number of rotatable bonds is 9. The molecule has 166 valence electrons. The number of aliphatic imine (C=N–C) groups is 1. The van der Waals surface area contributed by atoms with Crippen LogP contribution in [0.1, 0.15) is 72.6 Å². The molecule has 1 aliphatic rings. The van der Waals surface area contributed by atoms with E-state index in [9.17, 15) is 9.90 Å². The number of carbonyl (C=O) groups excluding carboxylic acids is 1. The number of halogens is 1. The first kappa shape index (κ1) is 27.2. The molecule has 0 aromatic carbocycles. The summed E-state index contributed by atoms with van der Waals surface area (Å²) in [4.78, 5) is 16.4. The Bertz CT molecular complexity index is 455. The molecular weight excluding hydrogens is 471 g/mol. The van der Waals surface area contributed by atoms with E-state index in [1.807, 2.05) is 27.7 Å². The van der Waals surface area contributed by atoms with Gasteiger partial charge in [0.15, 0.2) is 5.96 Å². The van der Waals surface area contributed by atoms with Gasteiger partial charge in [0.1, 0.15) is 5.60 Å². The Labute approximate surface area is 187 Å². The summed E-state index contributed by atoms with van der Waals surface area (Å²) in [5.41, 5.74) is -0.329. The Hall–Kier alpha value is -0.770. The summed E-state index contributed by atoms with van der Waals surface area (Å²) in [5.74, 6) is 0.803. The summed E-state index contributed by atoms with van der Waals surface area (Å²) < 4.78 is 5.22. The fraction of sp³-hybridized carbons (Fsp3) is 0.900. The number of guanidine groups is 1. The van der Waals surface area contributed by atoms with E-state index in [1.165, 1.54) is 19.3 Å². The predicted octanol–water partition coefficient (Wildman–Crippen LogP) is 3.41. The zero-order chi connectivity index (χ0) is 20.2. The van der Waals surface area contributed by atoms with Gasteiger partial charge in [-0.3, -0.25) is 4.99 Å². The van der Waals surface area contributed by atoms with Crippen molar-refractivity contribution in [2.24, 2.45) is 10.4 Å². The highest BCUT2D eigenvalue weighted by Crippen LogP contribution is 2.39. The molecule has 0 bridgehead atoms. The van der Waals surface area contributed by atoms with Gasteiger partial charge < -0.3 is 25.8 Å². The Balaban J connectivity index is 0.00000729. The Morgan fingerprint density at radius 2 is 1.75 bits per heavy atom. The summed E-state index contributed by atoms with van der Waals surface area (Å²) in [6.07, 6.45) is 7.28. The summed E-state index contributed by atoms with van der Waals surface area (Å²) in [5, 5.41) is 18.8. The molecule has 7 nitrogen and oxygen atoms in total. The SMILES string of the molecule is CCNC(=NCC1(CCO)CCCCC1)NCCCNC(=O)OC(C)(C)C.I. The van der Waals surface area contributed by atoms with Crippen LogP contribution < -0.4 is 16.0 Å². The molecule has 0 radical (unpaired) electrons. The Morgan fingerprint density at radius 1 is 1.11 bits per heavy atom. The number of nitrogens with zero attached hydrogens (tertiary/aromatic N) is 1. The fourth-order valence-electron chi connectivity index (χ4n) is 3.41. The third-order valence-electron chi connectivity index (χ3n) is 4.79. The third-order valence-corrected chi connectivity index (χ3v) is 4.79. The number of nitrogens with one attached hydrogen (secondary N) is 3. The normalized spacial score (nSPS) is 16.7. The highest BCUT2D eigenvalue weighted by molar-refractivity contribution is 14.0. The molecule has 0 saturated heterocycles. The van der Waals surface area contributed by atoms with Crippen LogP contribution in [0.4, 0.5) is 4.79 Å². The number of ether oxygens (including phenoxy) is 1. The van der Waals surface area contributed by atoms with Crippen LogP contribution in [0.5, 0.6) is 0 Å². The lowest BCUT2D eigenvalue weighted by Crippen LogP contribution is -2.40. The molecule has 1 amide bonds. The maximum atomic E-state index is 11.6. The summed E-state index contributed by atoms with van der Waals surface area (Å²) >= 11 is 0. The number of aliphatic hydroxyl groups excluding tert-OH is 1. The average Bonchev–Trinajstić information content (AvgIpc) is 2.59. The van der Waals surface area contributed by atoms with Gasteiger partial charge in [-0.25, -0.2) is 4.79 Å². The number of alkyl carbamates (subject to hydrolysis) is 1. The molecule has 1 rings (SSSR count). The monoisotopic (exact) mass is 512 g/mol. The predicted molar refractivity (Wildman–Crippen MR) is 125 cm³/mol. The third kappa shape index (κ3) is 11.9. The van der Waals surface area contributed by atoms with Crippen molar-refractivity contribution >= 4 is 36.0 Å².